The summed E-state index contributed by atoms with van der Waals surface area (Å²) in [6, 6.07) is 0. The maximum atomic E-state index is 4.83. The molecule has 0 aliphatic rings. The Balaban J connectivity index is -0.0000000345. The maximum absolute atomic E-state index is 4.83. The minimum absolute atomic E-state index is 0.844. The van der Waals surface area contributed by atoms with Gasteiger partial charge in [0.2, 0.25) is 0 Å². The highest BCUT2D eigenvalue weighted by atomic mass is 16.5. The Morgan fingerprint density at radius 1 is 0.500 bits per heavy atom. The highest BCUT2D eigenvalue weighted by molar-refractivity contribution is 4.22. The minimum atomic E-state index is 0.844. The summed E-state index contributed by atoms with van der Waals surface area (Å²) in [7, 11) is 0. The molecule has 2 heteroatoms. The van der Waals surface area contributed by atoms with E-state index in [0.29, 0.717) is 0 Å². The van der Waals surface area contributed by atoms with Gasteiger partial charge in [-0.05, 0) is 27.7 Å². The first-order valence-electron chi connectivity index (χ1n) is 5.48. The molecule has 0 saturated carbocycles. The van der Waals surface area contributed by atoms with E-state index >= 15 is 0 Å². The van der Waals surface area contributed by atoms with Crippen molar-refractivity contribution < 1.29 is 9.47 Å². The van der Waals surface area contributed by atoms with Gasteiger partial charge in [0.15, 0.2) is 0 Å². The number of hydrogen-bond donors (Lipinski definition) is 0. The SMILES string of the molecule is C=C.C=C.C=C.CCOCC.CCOCC. The van der Waals surface area contributed by atoms with Crippen LogP contribution >= 0.6 is 0 Å². The second-order valence-electron chi connectivity index (χ2n) is 1.56. The Morgan fingerprint density at radius 3 is 0.625 bits per heavy atom. The van der Waals surface area contributed by atoms with E-state index < -0.39 is 0 Å². The average Bonchev–Trinajstić information content (AvgIpc) is 2.39. The summed E-state index contributed by atoms with van der Waals surface area (Å²) in [4.78, 5) is 0. The highest BCUT2D eigenvalue weighted by Gasteiger charge is 1.64. The van der Waals surface area contributed by atoms with Crippen molar-refractivity contribution in [1.29, 1.82) is 0 Å². The Hall–Kier alpha value is -0.860. The second kappa shape index (κ2) is 92.4. The van der Waals surface area contributed by atoms with Crippen molar-refractivity contribution >= 4 is 0 Å². The molecule has 0 aromatic rings. The molecule has 0 saturated heterocycles. The van der Waals surface area contributed by atoms with Crippen LogP contribution in [-0.4, -0.2) is 26.4 Å². The lowest BCUT2D eigenvalue weighted by Crippen LogP contribution is -1.84. The van der Waals surface area contributed by atoms with Gasteiger partial charge in [-0.2, -0.15) is 0 Å². The predicted molar refractivity (Wildman–Crippen MR) is 78.1 cm³/mol. The van der Waals surface area contributed by atoms with Crippen LogP contribution in [0, 0.1) is 0 Å². The second-order valence-corrected chi connectivity index (χ2v) is 1.56. The third-order valence-electron chi connectivity index (χ3n) is 0.816. The highest BCUT2D eigenvalue weighted by Crippen LogP contribution is 1.64. The summed E-state index contributed by atoms with van der Waals surface area (Å²) < 4.78 is 9.67. The molecule has 0 heterocycles. The van der Waals surface area contributed by atoms with Crippen LogP contribution < -0.4 is 0 Å². The van der Waals surface area contributed by atoms with Gasteiger partial charge in [0.1, 0.15) is 0 Å². The molecule has 0 radical (unpaired) electrons. The van der Waals surface area contributed by atoms with Gasteiger partial charge in [0.05, 0.1) is 0 Å². The molecule has 0 fully saturated rings. The summed E-state index contributed by atoms with van der Waals surface area (Å²) in [5, 5.41) is 0. The predicted octanol–water partition coefficient (Wildman–Crippen LogP) is 4.49. The Kier molecular flexibility index (Phi) is 170. The number of rotatable bonds is 4. The molecule has 0 aromatic carbocycles. The van der Waals surface area contributed by atoms with Gasteiger partial charge < -0.3 is 9.47 Å². The summed E-state index contributed by atoms with van der Waals surface area (Å²) in [5.74, 6) is 0. The molecule has 0 rings (SSSR count). The number of ether oxygens (including phenoxy) is 2. The fraction of sp³-hybridized carbons (Fsp3) is 0.571. The molecule has 0 unspecified atom stereocenters. The summed E-state index contributed by atoms with van der Waals surface area (Å²) in [6.45, 7) is 29.3. The molecule has 0 N–H and O–H groups in total. The zero-order chi connectivity index (χ0) is 14.2. The molecule has 100 valence electrons. The van der Waals surface area contributed by atoms with Crippen molar-refractivity contribution in [2.75, 3.05) is 26.4 Å². The largest absolute Gasteiger partial charge is 0.382 e. The molecule has 0 amide bonds. The van der Waals surface area contributed by atoms with E-state index in [1.807, 2.05) is 27.7 Å². The van der Waals surface area contributed by atoms with E-state index in [0.717, 1.165) is 26.4 Å². The van der Waals surface area contributed by atoms with Gasteiger partial charge >= 0.3 is 0 Å². The molecule has 0 aliphatic heterocycles. The molecular weight excluding hydrogens is 200 g/mol. The molecule has 0 bridgehead atoms. The third kappa shape index (κ3) is 196. The summed E-state index contributed by atoms with van der Waals surface area (Å²) in [6.07, 6.45) is 0. The van der Waals surface area contributed by atoms with E-state index in [1.165, 1.54) is 0 Å². The van der Waals surface area contributed by atoms with Crippen molar-refractivity contribution in [3.8, 4) is 0 Å². The van der Waals surface area contributed by atoms with Gasteiger partial charge in [-0.25, -0.2) is 0 Å². The summed E-state index contributed by atoms with van der Waals surface area (Å²) in [5.41, 5.74) is 0. The smallest absolute Gasteiger partial charge is 0.0437 e. The monoisotopic (exact) mass is 232 g/mol. The molecule has 0 aliphatic carbocycles. The van der Waals surface area contributed by atoms with E-state index in [-0.39, 0.29) is 0 Å². The van der Waals surface area contributed by atoms with Gasteiger partial charge in [-0.1, -0.05) is 0 Å². The van der Waals surface area contributed by atoms with Crippen molar-refractivity contribution in [2.24, 2.45) is 0 Å². The van der Waals surface area contributed by atoms with Gasteiger partial charge in [-0.3, -0.25) is 0 Å². The Morgan fingerprint density at radius 2 is 0.625 bits per heavy atom. The zero-order valence-corrected chi connectivity index (χ0v) is 11.9. The van der Waals surface area contributed by atoms with Crippen molar-refractivity contribution in [3.05, 3.63) is 39.5 Å². The quantitative estimate of drug-likeness (QED) is 0.665. The lowest BCUT2D eigenvalue weighted by Gasteiger charge is -1.86. The first-order chi connectivity index (χ1) is 7.83. The molecule has 0 aromatic heterocycles. The van der Waals surface area contributed by atoms with E-state index in [9.17, 15) is 0 Å². The van der Waals surface area contributed by atoms with Crippen LogP contribution in [0.5, 0.6) is 0 Å². The zero-order valence-electron chi connectivity index (χ0n) is 11.9. The molecule has 2 nitrogen and oxygen atoms in total. The van der Waals surface area contributed by atoms with Crippen molar-refractivity contribution in [3.63, 3.8) is 0 Å². The lowest BCUT2D eigenvalue weighted by molar-refractivity contribution is 0.162. The van der Waals surface area contributed by atoms with Gasteiger partial charge in [0.25, 0.3) is 0 Å². The third-order valence-corrected chi connectivity index (χ3v) is 0.816. The van der Waals surface area contributed by atoms with Crippen LogP contribution in [0.25, 0.3) is 0 Å². The minimum Gasteiger partial charge on any atom is -0.382 e. The first kappa shape index (κ1) is 29.4. The van der Waals surface area contributed by atoms with Crippen LogP contribution in [-0.2, 0) is 9.47 Å². The topological polar surface area (TPSA) is 18.5 Å². The van der Waals surface area contributed by atoms with Crippen LogP contribution in [0.4, 0.5) is 0 Å². The van der Waals surface area contributed by atoms with Crippen LogP contribution in [0.1, 0.15) is 27.7 Å². The van der Waals surface area contributed by atoms with E-state index in [4.69, 9.17) is 9.47 Å². The average molecular weight is 232 g/mol. The Labute approximate surface area is 104 Å². The lowest BCUT2D eigenvalue weighted by atomic mass is 10.8. The van der Waals surface area contributed by atoms with Gasteiger partial charge in [0, 0.05) is 26.4 Å². The number of hydrogen-bond acceptors (Lipinski definition) is 2. The van der Waals surface area contributed by atoms with E-state index in [1.54, 1.807) is 0 Å². The maximum Gasteiger partial charge on any atom is 0.0437 e. The van der Waals surface area contributed by atoms with Crippen molar-refractivity contribution in [1.82, 2.24) is 0 Å². The van der Waals surface area contributed by atoms with Crippen LogP contribution in [0.3, 0.4) is 0 Å². The molecule has 0 atom stereocenters. The fourth-order valence-corrected chi connectivity index (χ4v) is 0.408. The van der Waals surface area contributed by atoms with Crippen molar-refractivity contribution in [2.45, 2.75) is 27.7 Å². The molecule has 0 spiro atoms. The molecular formula is C14H32O2. The fourth-order valence-electron chi connectivity index (χ4n) is 0.408. The Bertz CT molecular complexity index is 51.0. The normalized spacial score (nSPS) is 6.00. The first-order valence-corrected chi connectivity index (χ1v) is 5.48. The van der Waals surface area contributed by atoms with Crippen LogP contribution in [0.15, 0.2) is 39.5 Å². The van der Waals surface area contributed by atoms with Crippen LogP contribution in [0.2, 0.25) is 0 Å². The van der Waals surface area contributed by atoms with E-state index in [2.05, 4.69) is 39.5 Å². The van der Waals surface area contributed by atoms with Gasteiger partial charge in [-0.15, -0.1) is 39.5 Å². The standard InChI is InChI=1S/2C4H10O.3C2H4/c2*1-3-5-4-2;3*1-2/h2*3-4H2,1-2H3;3*1-2H2. The summed E-state index contributed by atoms with van der Waals surface area (Å²) >= 11 is 0. The molecule has 16 heavy (non-hydrogen) atoms.